The maximum absolute atomic E-state index is 5.84. The average molecular weight is 396 g/mol. The number of thioether (sulfide) groups is 1. The number of hydrogen-bond acceptors (Lipinski definition) is 8. The van der Waals surface area contributed by atoms with Gasteiger partial charge in [0.15, 0.2) is 5.50 Å². The van der Waals surface area contributed by atoms with E-state index in [9.17, 15) is 0 Å². The molecule has 0 aromatic rings. The minimum absolute atomic E-state index is 0.0385. The average Bonchev–Trinajstić information content (AvgIpc) is 2.74. The molecule has 1 saturated heterocycles. The van der Waals surface area contributed by atoms with Gasteiger partial charge in [0.25, 0.3) is 0 Å². The van der Waals surface area contributed by atoms with Crippen LogP contribution < -0.4 is 0 Å². The Kier molecular flexibility index (Phi) is 6.99. The zero-order valence-corrected chi connectivity index (χ0v) is 17.3. The first-order valence-corrected chi connectivity index (χ1v) is 10.5. The largest absolute Gasteiger partial charge is 0.378 e. The van der Waals surface area contributed by atoms with Crippen LogP contribution in [-0.2, 0) is 18.9 Å². The predicted molar refractivity (Wildman–Crippen MR) is 107 cm³/mol. The van der Waals surface area contributed by atoms with E-state index in [-0.39, 0.29) is 11.6 Å². The molecule has 0 amide bonds. The summed E-state index contributed by atoms with van der Waals surface area (Å²) >= 11 is 1.69. The molecule has 27 heavy (non-hydrogen) atoms. The molecular weight excluding hydrogens is 366 g/mol. The number of allylic oxidation sites excluding steroid dienone is 1. The van der Waals surface area contributed by atoms with Crippen molar-refractivity contribution in [3.05, 3.63) is 36.2 Å². The molecule has 8 heteroatoms. The van der Waals surface area contributed by atoms with Crippen molar-refractivity contribution in [1.29, 1.82) is 0 Å². The van der Waals surface area contributed by atoms with E-state index in [1.54, 1.807) is 26.0 Å². The van der Waals surface area contributed by atoms with E-state index < -0.39 is 5.79 Å². The van der Waals surface area contributed by atoms with Crippen molar-refractivity contribution < 1.29 is 18.9 Å². The van der Waals surface area contributed by atoms with Crippen molar-refractivity contribution in [2.24, 2.45) is 4.99 Å². The number of methoxy groups -OCH3 is 2. The molecule has 3 unspecified atom stereocenters. The summed E-state index contributed by atoms with van der Waals surface area (Å²) in [6.07, 6.45) is 11.8. The van der Waals surface area contributed by atoms with Crippen LogP contribution in [0, 0.1) is 0 Å². The number of amidine groups is 1. The van der Waals surface area contributed by atoms with E-state index in [0.29, 0.717) is 6.61 Å². The van der Waals surface area contributed by atoms with Gasteiger partial charge in [-0.2, -0.15) is 0 Å². The lowest BCUT2D eigenvalue weighted by molar-refractivity contribution is -0.233. The summed E-state index contributed by atoms with van der Waals surface area (Å²) in [5.41, 5.74) is 0.970. The summed E-state index contributed by atoms with van der Waals surface area (Å²) in [4.78, 5) is 9.35. The summed E-state index contributed by atoms with van der Waals surface area (Å²) in [6, 6.07) is 0. The Hall–Kier alpha value is -1.32. The van der Waals surface area contributed by atoms with Crippen LogP contribution in [0.2, 0.25) is 0 Å². The molecule has 150 valence electrons. The molecule has 3 aliphatic rings. The van der Waals surface area contributed by atoms with Crippen LogP contribution in [0.25, 0.3) is 0 Å². The maximum atomic E-state index is 5.84. The molecule has 3 atom stereocenters. The summed E-state index contributed by atoms with van der Waals surface area (Å²) < 4.78 is 22.6. The van der Waals surface area contributed by atoms with Crippen LogP contribution in [0.3, 0.4) is 0 Å². The Bertz CT molecular complexity index is 630. The molecule has 2 aliphatic heterocycles. The van der Waals surface area contributed by atoms with E-state index in [1.807, 2.05) is 25.2 Å². The Morgan fingerprint density at radius 3 is 2.70 bits per heavy atom. The lowest BCUT2D eigenvalue weighted by Crippen LogP contribution is -2.48. The van der Waals surface area contributed by atoms with Crippen molar-refractivity contribution in [2.45, 2.75) is 24.3 Å². The third-order valence-electron chi connectivity index (χ3n) is 4.86. The molecule has 3 rings (SSSR count). The topological polar surface area (TPSA) is 55.8 Å². The number of morpholine rings is 1. The maximum Gasteiger partial charge on any atom is 0.218 e. The highest BCUT2D eigenvalue weighted by molar-refractivity contribution is 7.99. The van der Waals surface area contributed by atoms with Gasteiger partial charge in [0.1, 0.15) is 11.9 Å². The summed E-state index contributed by atoms with van der Waals surface area (Å²) in [5, 5.41) is 0. The van der Waals surface area contributed by atoms with Crippen molar-refractivity contribution >= 4 is 17.6 Å². The second-order valence-electron chi connectivity index (χ2n) is 6.31. The number of ether oxygens (including phenoxy) is 4. The van der Waals surface area contributed by atoms with Gasteiger partial charge in [-0.3, -0.25) is 0 Å². The van der Waals surface area contributed by atoms with Gasteiger partial charge < -0.3 is 28.7 Å². The van der Waals surface area contributed by atoms with Crippen LogP contribution in [0.5, 0.6) is 0 Å². The SMILES string of the molecule is CCOC1(OC)C=CC(N2C=CC(N3CCOCC3)=NC2SC)=CC1OC. The molecular formula is C19H29N3O4S. The molecule has 2 heterocycles. The van der Waals surface area contributed by atoms with Crippen molar-refractivity contribution in [1.82, 2.24) is 9.80 Å². The lowest BCUT2D eigenvalue weighted by Gasteiger charge is -2.40. The van der Waals surface area contributed by atoms with Gasteiger partial charge in [-0.15, -0.1) is 11.8 Å². The molecule has 1 fully saturated rings. The van der Waals surface area contributed by atoms with Crippen LogP contribution in [0.4, 0.5) is 0 Å². The Morgan fingerprint density at radius 2 is 2.07 bits per heavy atom. The highest BCUT2D eigenvalue weighted by Gasteiger charge is 2.40. The molecule has 1 aliphatic carbocycles. The normalized spacial score (nSPS) is 31.1. The van der Waals surface area contributed by atoms with Crippen molar-refractivity contribution in [3.8, 4) is 0 Å². The number of aliphatic imine (C=N–C) groups is 1. The minimum atomic E-state index is -0.899. The van der Waals surface area contributed by atoms with Gasteiger partial charge in [-0.25, -0.2) is 4.99 Å². The van der Waals surface area contributed by atoms with Crippen molar-refractivity contribution in [2.75, 3.05) is 53.4 Å². The van der Waals surface area contributed by atoms with E-state index >= 15 is 0 Å². The zero-order chi connectivity index (χ0) is 19.3. The fourth-order valence-corrected chi connectivity index (χ4v) is 4.06. The van der Waals surface area contributed by atoms with E-state index in [2.05, 4.69) is 28.3 Å². The van der Waals surface area contributed by atoms with E-state index in [0.717, 1.165) is 37.8 Å². The highest BCUT2D eigenvalue weighted by Crippen LogP contribution is 2.33. The molecule has 0 N–H and O–H groups in total. The smallest absolute Gasteiger partial charge is 0.218 e. The van der Waals surface area contributed by atoms with Gasteiger partial charge in [0.2, 0.25) is 5.79 Å². The molecule has 7 nitrogen and oxygen atoms in total. The fraction of sp³-hybridized carbons (Fsp3) is 0.632. The van der Waals surface area contributed by atoms with Crippen molar-refractivity contribution in [3.63, 3.8) is 0 Å². The molecule has 0 spiro atoms. The summed E-state index contributed by atoms with van der Waals surface area (Å²) in [5.74, 6) is 0.113. The zero-order valence-electron chi connectivity index (χ0n) is 16.5. The van der Waals surface area contributed by atoms with Gasteiger partial charge in [0, 0.05) is 45.8 Å². The molecule has 0 saturated carbocycles. The second kappa shape index (κ2) is 9.25. The quantitative estimate of drug-likeness (QED) is 0.638. The lowest BCUT2D eigenvalue weighted by atomic mass is 10.0. The van der Waals surface area contributed by atoms with Gasteiger partial charge in [-0.05, 0) is 37.5 Å². The third-order valence-corrected chi connectivity index (χ3v) is 5.61. The second-order valence-corrected chi connectivity index (χ2v) is 7.20. The predicted octanol–water partition coefficient (Wildman–Crippen LogP) is 2.04. The van der Waals surface area contributed by atoms with Gasteiger partial charge in [-0.1, -0.05) is 0 Å². The first-order valence-electron chi connectivity index (χ1n) is 9.20. The monoisotopic (exact) mass is 395 g/mol. The van der Waals surface area contributed by atoms with E-state index in [1.165, 1.54) is 0 Å². The highest BCUT2D eigenvalue weighted by atomic mass is 32.2. The number of hydrogen-bond donors (Lipinski definition) is 0. The Labute approximate surface area is 165 Å². The minimum Gasteiger partial charge on any atom is -0.378 e. The Morgan fingerprint density at radius 1 is 1.30 bits per heavy atom. The first-order chi connectivity index (χ1) is 13.2. The van der Waals surface area contributed by atoms with Crippen LogP contribution >= 0.6 is 11.8 Å². The fourth-order valence-electron chi connectivity index (χ4n) is 3.42. The van der Waals surface area contributed by atoms with Crippen LogP contribution in [0.15, 0.2) is 41.2 Å². The summed E-state index contributed by atoms with van der Waals surface area (Å²) in [6.45, 7) is 5.73. The number of rotatable bonds is 6. The third kappa shape index (κ3) is 4.25. The molecule has 0 aromatic carbocycles. The molecule has 0 aromatic heterocycles. The van der Waals surface area contributed by atoms with E-state index in [4.69, 9.17) is 23.9 Å². The van der Waals surface area contributed by atoms with Gasteiger partial charge in [0.05, 0.1) is 13.2 Å². The summed E-state index contributed by atoms with van der Waals surface area (Å²) in [7, 11) is 3.30. The standard InChI is InChI=1S/C19H29N3O4S/c1-5-26-19(24-3)8-6-15(14-16(19)23-2)22-9-7-17(20-18(22)27-4)21-10-12-25-13-11-21/h6-9,14,16,18H,5,10-13H2,1-4H3. The Balaban J connectivity index is 1.79. The van der Waals surface area contributed by atoms with Crippen LogP contribution in [0.1, 0.15) is 6.92 Å². The molecule has 0 bridgehead atoms. The van der Waals surface area contributed by atoms with Crippen LogP contribution in [-0.4, -0.2) is 86.4 Å². The first kappa shape index (κ1) is 20.4. The van der Waals surface area contributed by atoms with Gasteiger partial charge >= 0.3 is 0 Å². The number of nitrogens with zero attached hydrogens (tertiary/aromatic N) is 3. The molecule has 0 radical (unpaired) electrons.